The zero-order valence-electron chi connectivity index (χ0n) is 8.12. The molecule has 1 saturated carbocycles. The van der Waals surface area contributed by atoms with Crippen molar-refractivity contribution in [2.24, 2.45) is 5.92 Å². The second-order valence-electron chi connectivity index (χ2n) is 4.08. The van der Waals surface area contributed by atoms with Crippen molar-refractivity contribution >= 4 is 11.3 Å². The van der Waals surface area contributed by atoms with E-state index in [-0.39, 0.29) is 0 Å². The van der Waals surface area contributed by atoms with E-state index in [1.54, 1.807) is 0 Å². The summed E-state index contributed by atoms with van der Waals surface area (Å²) in [6.07, 6.45) is 4.14. The van der Waals surface area contributed by atoms with Crippen molar-refractivity contribution in [2.45, 2.75) is 38.8 Å². The molecule has 13 heavy (non-hydrogen) atoms. The predicted molar refractivity (Wildman–Crippen MR) is 58.0 cm³/mol. The number of rotatable bonds is 3. The third-order valence-electron chi connectivity index (χ3n) is 2.84. The van der Waals surface area contributed by atoms with Crippen molar-refractivity contribution in [3.63, 3.8) is 0 Å². The summed E-state index contributed by atoms with van der Waals surface area (Å²) in [6.45, 7) is 3.42. The Labute approximate surface area is 84.2 Å². The van der Waals surface area contributed by atoms with Crippen molar-refractivity contribution in [3.05, 3.63) is 22.4 Å². The molecule has 2 heteroatoms. The average molecular weight is 195 g/mol. The fourth-order valence-electron chi connectivity index (χ4n) is 2.05. The van der Waals surface area contributed by atoms with E-state index in [9.17, 15) is 0 Å². The second kappa shape index (κ2) is 4.25. The van der Waals surface area contributed by atoms with Crippen LogP contribution in [-0.2, 0) is 6.54 Å². The second-order valence-corrected chi connectivity index (χ2v) is 5.11. The van der Waals surface area contributed by atoms with E-state index in [4.69, 9.17) is 0 Å². The molecule has 0 aliphatic heterocycles. The molecule has 0 aromatic carbocycles. The van der Waals surface area contributed by atoms with Crippen molar-refractivity contribution in [3.8, 4) is 0 Å². The molecular formula is C11H17NS. The highest BCUT2D eigenvalue weighted by molar-refractivity contribution is 7.09. The van der Waals surface area contributed by atoms with E-state index in [0.717, 1.165) is 18.5 Å². The van der Waals surface area contributed by atoms with Gasteiger partial charge in [0.25, 0.3) is 0 Å². The molecule has 0 amide bonds. The molecular weight excluding hydrogens is 178 g/mol. The van der Waals surface area contributed by atoms with E-state index >= 15 is 0 Å². The van der Waals surface area contributed by atoms with Crippen LogP contribution in [0.15, 0.2) is 17.5 Å². The van der Waals surface area contributed by atoms with Crippen LogP contribution in [0.4, 0.5) is 0 Å². The maximum Gasteiger partial charge on any atom is 0.0302 e. The van der Waals surface area contributed by atoms with Crippen molar-refractivity contribution in [1.82, 2.24) is 5.32 Å². The molecule has 1 aliphatic carbocycles. The van der Waals surface area contributed by atoms with Crippen LogP contribution in [-0.4, -0.2) is 6.04 Å². The minimum atomic E-state index is 0.775. The van der Waals surface area contributed by atoms with Gasteiger partial charge in [0.15, 0.2) is 0 Å². The maximum absolute atomic E-state index is 3.62. The average Bonchev–Trinajstić information content (AvgIpc) is 2.71. The molecule has 1 fully saturated rings. The Morgan fingerprint density at radius 2 is 2.46 bits per heavy atom. The summed E-state index contributed by atoms with van der Waals surface area (Å²) >= 11 is 1.84. The molecule has 2 atom stereocenters. The summed E-state index contributed by atoms with van der Waals surface area (Å²) in [6, 6.07) is 5.10. The van der Waals surface area contributed by atoms with Gasteiger partial charge in [-0.1, -0.05) is 13.0 Å². The molecule has 1 N–H and O–H groups in total. The van der Waals surface area contributed by atoms with Crippen LogP contribution in [0.5, 0.6) is 0 Å². The lowest BCUT2D eigenvalue weighted by Crippen LogP contribution is -2.25. The van der Waals surface area contributed by atoms with Crippen LogP contribution in [0.3, 0.4) is 0 Å². The quantitative estimate of drug-likeness (QED) is 0.781. The number of hydrogen-bond donors (Lipinski definition) is 1. The summed E-state index contributed by atoms with van der Waals surface area (Å²) in [7, 11) is 0. The topological polar surface area (TPSA) is 12.0 Å². The highest BCUT2D eigenvalue weighted by atomic mass is 32.1. The molecule has 0 radical (unpaired) electrons. The van der Waals surface area contributed by atoms with Crippen LogP contribution in [0.1, 0.15) is 31.1 Å². The van der Waals surface area contributed by atoms with Gasteiger partial charge in [0.05, 0.1) is 0 Å². The lowest BCUT2D eigenvalue weighted by atomic mass is 10.1. The van der Waals surface area contributed by atoms with E-state index in [1.807, 2.05) is 11.3 Å². The van der Waals surface area contributed by atoms with E-state index in [0.29, 0.717) is 0 Å². The zero-order valence-corrected chi connectivity index (χ0v) is 8.94. The minimum absolute atomic E-state index is 0.775. The first-order valence-electron chi connectivity index (χ1n) is 5.10. The van der Waals surface area contributed by atoms with Crippen LogP contribution in [0.2, 0.25) is 0 Å². The summed E-state index contributed by atoms with van der Waals surface area (Å²) < 4.78 is 0. The summed E-state index contributed by atoms with van der Waals surface area (Å²) in [4.78, 5) is 1.46. The van der Waals surface area contributed by atoms with Gasteiger partial charge in [-0.3, -0.25) is 0 Å². The normalized spacial score (nSPS) is 28.1. The van der Waals surface area contributed by atoms with Crippen molar-refractivity contribution < 1.29 is 0 Å². The summed E-state index contributed by atoms with van der Waals surface area (Å²) in [5, 5.41) is 5.77. The monoisotopic (exact) mass is 195 g/mol. The smallest absolute Gasteiger partial charge is 0.0302 e. The molecule has 0 bridgehead atoms. The van der Waals surface area contributed by atoms with Gasteiger partial charge < -0.3 is 5.32 Å². The predicted octanol–water partition coefficient (Wildman–Crippen LogP) is 3.03. The lowest BCUT2D eigenvalue weighted by molar-refractivity contribution is 0.504. The molecule has 1 aromatic rings. The van der Waals surface area contributed by atoms with Gasteiger partial charge in [-0.05, 0) is 36.6 Å². The molecule has 1 heterocycles. The Morgan fingerprint density at radius 1 is 1.54 bits per heavy atom. The third-order valence-corrected chi connectivity index (χ3v) is 3.72. The van der Waals surface area contributed by atoms with Crippen LogP contribution in [0.25, 0.3) is 0 Å². The fourth-order valence-corrected chi connectivity index (χ4v) is 2.71. The zero-order chi connectivity index (χ0) is 9.10. The number of hydrogen-bond acceptors (Lipinski definition) is 2. The molecule has 72 valence electrons. The van der Waals surface area contributed by atoms with E-state index < -0.39 is 0 Å². The molecule has 0 saturated heterocycles. The lowest BCUT2D eigenvalue weighted by Gasteiger charge is -2.10. The minimum Gasteiger partial charge on any atom is -0.309 e. The molecule has 0 spiro atoms. The standard InChI is InChI=1S/C11H17NS/c1-9-4-5-10(7-9)12-8-11-3-2-6-13-11/h2-3,6,9-10,12H,4-5,7-8H2,1H3/t9-,10+/m0/s1. The highest BCUT2D eigenvalue weighted by Crippen LogP contribution is 2.24. The Morgan fingerprint density at radius 3 is 3.08 bits per heavy atom. The van der Waals surface area contributed by atoms with Gasteiger partial charge in [0.2, 0.25) is 0 Å². The van der Waals surface area contributed by atoms with Gasteiger partial charge in [-0.2, -0.15) is 0 Å². The van der Waals surface area contributed by atoms with Gasteiger partial charge in [-0.15, -0.1) is 11.3 Å². The van der Waals surface area contributed by atoms with E-state index in [1.165, 1.54) is 24.1 Å². The SMILES string of the molecule is C[C@H]1CC[C@@H](NCc2cccs2)C1. The summed E-state index contributed by atoms with van der Waals surface area (Å²) in [5.74, 6) is 0.931. The molecule has 0 unspecified atom stereocenters. The van der Waals surface area contributed by atoms with Gasteiger partial charge in [-0.25, -0.2) is 0 Å². The first-order chi connectivity index (χ1) is 6.34. The number of thiophene rings is 1. The van der Waals surface area contributed by atoms with Crippen molar-refractivity contribution in [1.29, 1.82) is 0 Å². The summed E-state index contributed by atoms with van der Waals surface area (Å²) in [5.41, 5.74) is 0. The van der Waals surface area contributed by atoms with Crippen LogP contribution < -0.4 is 5.32 Å². The van der Waals surface area contributed by atoms with Gasteiger partial charge in [0, 0.05) is 17.5 Å². The van der Waals surface area contributed by atoms with Gasteiger partial charge >= 0.3 is 0 Å². The Hall–Kier alpha value is -0.340. The maximum atomic E-state index is 3.62. The fraction of sp³-hybridized carbons (Fsp3) is 0.636. The first-order valence-corrected chi connectivity index (χ1v) is 5.98. The largest absolute Gasteiger partial charge is 0.309 e. The number of nitrogens with one attached hydrogen (secondary N) is 1. The molecule has 2 rings (SSSR count). The molecule has 1 nitrogen and oxygen atoms in total. The highest BCUT2D eigenvalue weighted by Gasteiger charge is 2.20. The van der Waals surface area contributed by atoms with Crippen LogP contribution in [0, 0.1) is 5.92 Å². The Bertz CT molecular complexity index is 243. The van der Waals surface area contributed by atoms with Crippen molar-refractivity contribution in [2.75, 3.05) is 0 Å². The van der Waals surface area contributed by atoms with Crippen LogP contribution >= 0.6 is 11.3 Å². The van der Waals surface area contributed by atoms with Gasteiger partial charge in [0.1, 0.15) is 0 Å². The third kappa shape index (κ3) is 2.55. The first kappa shape index (κ1) is 9.22. The molecule has 1 aliphatic rings. The Balaban J connectivity index is 1.74. The Kier molecular flexibility index (Phi) is 3.01. The van der Waals surface area contributed by atoms with E-state index in [2.05, 4.69) is 29.8 Å². The molecule has 1 aromatic heterocycles.